The Morgan fingerprint density at radius 2 is 1.96 bits per heavy atom. The quantitative estimate of drug-likeness (QED) is 0.848. The average molecular weight is 343 g/mol. The van der Waals surface area contributed by atoms with Crippen LogP contribution in [0.4, 0.5) is 5.69 Å². The van der Waals surface area contributed by atoms with E-state index in [1.807, 2.05) is 32.0 Å². The van der Waals surface area contributed by atoms with Crippen molar-refractivity contribution < 1.29 is 9.53 Å². The van der Waals surface area contributed by atoms with Crippen LogP contribution in [0.25, 0.3) is 0 Å². The SMILES string of the molecule is CCc1ccc(Cl)c(CC)c1NC(=O)COc1ccccc1C#N. The number of ether oxygens (including phenoxy) is 1. The molecule has 1 amide bonds. The normalized spacial score (nSPS) is 10.1. The number of benzene rings is 2. The smallest absolute Gasteiger partial charge is 0.262 e. The number of carbonyl (C=O) groups excluding carboxylic acids is 1. The van der Waals surface area contributed by atoms with Gasteiger partial charge in [0.2, 0.25) is 0 Å². The van der Waals surface area contributed by atoms with Gasteiger partial charge in [0.1, 0.15) is 11.8 Å². The van der Waals surface area contributed by atoms with Crippen molar-refractivity contribution in [1.29, 1.82) is 5.26 Å². The van der Waals surface area contributed by atoms with Gasteiger partial charge < -0.3 is 10.1 Å². The minimum Gasteiger partial charge on any atom is -0.482 e. The molecular weight excluding hydrogens is 324 g/mol. The predicted octanol–water partition coefficient (Wildman–Crippen LogP) is 4.35. The first-order valence-electron chi connectivity index (χ1n) is 7.82. The summed E-state index contributed by atoms with van der Waals surface area (Å²) < 4.78 is 5.47. The third-order valence-corrected chi connectivity index (χ3v) is 4.06. The lowest BCUT2D eigenvalue weighted by Crippen LogP contribution is -2.22. The van der Waals surface area contributed by atoms with Crippen LogP contribution in [0.5, 0.6) is 5.75 Å². The van der Waals surface area contributed by atoms with E-state index >= 15 is 0 Å². The molecule has 0 unspecified atom stereocenters. The number of rotatable bonds is 6. The van der Waals surface area contributed by atoms with Crippen LogP contribution in [0, 0.1) is 11.3 Å². The molecule has 0 aliphatic heterocycles. The number of hydrogen-bond acceptors (Lipinski definition) is 3. The number of halogens is 1. The molecule has 0 fully saturated rings. The van der Waals surface area contributed by atoms with Crippen LogP contribution in [0.3, 0.4) is 0 Å². The van der Waals surface area contributed by atoms with E-state index in [0.717, 1.165) is 29.7 Å². The van der Waals surface area contributed by atoms with Crippen LogP contribution in [-0.4, -0.2) is 12.5 Å². The van der Waals surface area contributed by atoms with Crippen molar-refractivity contribution in [2.24, 2.45) is 0 Å². The number of nitriles is 1. The topological polar surface area (TPSA) is 62.1 Å². The zero-order valence-corrected chi connectivity index (χ0v) is 14.5. The lowest BCUT2D eigenvalue weighted by atomic mass is 10.0. The number of nitrogens with zero attached hydrogens (tertiary/aromatic N) is 1. The van der Waals surface area contributed by atoms with Crippen molar-refractivity contribution in [3.8, 4) is 11.8 Å². The van der Waals surface area contributed by atoms with Crippen LogP contribution in [-0.2, 0) is 17.6 Å². The fraction of sp³-hybridized carbons (Fsp3) is 0.263. The number of hydrogen-bond donors (Lipinski definition) is 1. The Hall–Kier alpha value is -2.51. The molecule has 0 saturated carbocycles. The van der Waals surface area contributed by atoms with Crippen molar-refractivity contribution >= 4 is 23.2 Å². The van der Waals surface area contributed by atoms with Gasteiger partial charge in [-0.1, -0.05) is 43.6 Å². The Morgan fingerprint density at radius 1 is 1.21 bits per heavy atom. The van der Waals surface area contributed by atoms with Gasteiger partial charge in [-0.3, -0.25) is 4.79 Å². The van der Waals surface area contributed by atoms with E-state index in [4.69, 9.17) is 21.6 Å². The van der Waals surface area contributed by atoms with E-state index in [1.54, 1.807) is 24.3 Å². The Kier molecular flexibility index (Phi) is 6.22. The Labute approximate surface area is 147 Å². The lowest BCUT2D eigenvalue weighted by Gasteiger charge is -2.16. The van der Waals surface area contributed by atoms with Crippen molar-refractivity contribution in [1.82, 2.24) is 0 Å². The molecule has 0 heterocycles. The highest BCUT2D eigenvalue weighted by atomic mass is 35.5. The number of aryl methyl sites for hydroxylation is 1. The van der Waals surface area contributed by atoms with Crippen molar-refractivity contribution in [3.63, 3.8) is 0 Å². The van der Waals surface area contributed by atoms with Crippen LogP contribution >= 0.6 is 11.6 Å². The second-order valence-corrected chi connectivity index (χ2v) is 5.62. The first-order chi connectivity index (χ1) is 11.6. The summed E-state index contributed by atoms with van der Waals surface area (Å²) >= 11 is 6.24. The summed E-state index contributed by atoms with van der Waals surface area (Å²) in [5.74, 6) is 0.113. The number of carbonyl (C=O) groups is 1. The van der Waals surface area contributed by atoms with Gasteiger partial charge >= 0.3 is 0 Å². The molecular formula is C19H19ClN2O2. The molecule has 4 nitrogen and oxygen atoms in total. The summed E-state index contributed by atoms with van der Waals surface area (Å²) in [6.07, 6.45) is 1.51. The molecule has 2 rings (SSSR count). The van der Waals surface area contributed by atoms with Crippen molar-refractivity contribution in [3.05, 3.63) is 58.1 Å². The van der Waals surface area contributed by atoms with Gasteiger partial charge in [-0.05, 0) is 42.2 Å². The van der Waals surface area contributed by atoms with E-state index < -0.39 is 0 Å². The molecule has 24 heavy (non-hydrogen) atoms. The Bertz CT molecular complexity index is 781. The molecule has 2 aromatic carbocycles. The van der Waals surface area contributed by atoms with Crippen molar-refractivity contribution in [2.45, 2.75) is 26.7 Å². The molecule has 0 radical (unpaired) electrons. The minimum absolute atomic E-state index is 0.169. The number of nitrogens with one attached hydrogen (secondary N) is 1. The lowest BCUT2D eigenvalue weighted by molar-refractivity contribution is -0.118. The Morgan fingerprint density at radius 3 is 2.62 bits per heavy atom. The molecule has 0 aliphatic carbocycles. The standard InChI is InChI=1S/C19H19ClN2O2/c1-3-13-9-10-16(20)15(4-2)19(13)22-18(23)12-24-17-8-6-5-7-14(17)11-21/h5-10H,3-4,12H2,1-2H3,(H,22,23). The highest BCUT2D eigenvalue weighted by Gasteiger charge is 2.14. The largest absolute Gasteiger partial charge is 0.482 e. The van der Waals surface area contributed by atoms with Crippen LogP contribution in [0.2, 0.25) is 5.02 Å². The number of amides is 1. The highest BCUT2D eigenvalue weighted by molar-refractivity contribution is 6.32. The van der Waals surface area contributed by atoms with Gasteiger partial charge in [-0.25, -0.2) is 0 Å². The van der Waals surface area contributed by atoms with Gasteiger partial charge in [-0.15, -0.1) is 0 Å². The second kappa shape index (κ2) is 8.37. The summed E-state index contributed by atoms with van der Waals surface area (Å²) in [7, 11) is 0. The highest BCUT2D eigenvalue weighted by Crippen LogP contribution is 2.29. The summed E-state index contributed by atoms with van der Waals surface area (Å²) in [5, 5.41) is 12.6. The zero-order valence-electron chi connectivity index (χ0n) is 13.7. The van der Waals surface area contributed by atoms with E-state index in [2.05, 4.69) is 5.32 Å². The zero-order chi connectivity index (χ0) is 17.5. The molecule has 0 bridgehead atoms. The predicted molar refractivity (Wildman–Crippen MR) is 95.5 cm³/mol. The second-order valence-electron chi connectivity index (χ2n) is 5.21. The van der Waals surface area contributed by atoms with Gasteiger partial charge in [0.05, 0.1) is 5.56 Å². The third-order valence-electron chi connectivity index (χ3n) is 3.71. The third kappa shape index (κ3) is 4.06. The maximum atomic E-state index is 12.3. The first kappa shape index (κ1) is 17.8. The maximum Gasteiger partial charge on any atom is 0.262 e. The number of anilines is 1. The summed E-state index contributed by atoms with van der Waals surface area (Å²) in [4.78, 5) is 12.3. The van der Waals surface area contributed by atoms with Gasteiger partial charge in [-0.2, -0.15) is 5.26 Å². The monoisotopic (exact) mass is 342 g/mol. The Balaban J connectivity index is 2.13. The minimum atomic E-state index is -0.283. The van der Waals surface area contributed by atoms with E-state index in [-0.39, 0.29) is 12.5 Å². The fourth-order valence-corrected chi connectivity index (χ4v) is 2.76. The van der Waals surface area contributed by atoms with Gasteiger partial charge in [0.25, 0.3) is 5.91 Å². The fourth-order valence-electron chi connectivity index (χ4n) is 2.47. The van der Waals surface area contributed by atoms with Crippen LogP contribution < -0.4 is 10.1 Å². The van der Waals surface area contributed by atoms with Crippen molar-refractivity contribution in [2.75, 3.05) is 11.9 Å². The molecule has 5 heteroatoms. The molecule has 124 valence electrons. The molecule has 0 aliphatic rings. The molecule has 0 aromatic heterocycles. The van der Waals surface area contributed by atoms with E-state index in [0.29, 0.717) is 16.3 Å². The summed E-state index contributed by atoms with van der Waals surface area (Å²) in [6.45, 7) is 3.85. The maximum absolute atomic E-state index is 12.3. The van der Waals surface area contributed by atoms with Gasteiger partial charge in [0.15, 0.2) is 6.61 Å². The molecule has 0 spiro atoms. The molecule has 1 N–H and O–H groups in total. The molecule has 0 saturated heterocycles. The van der Waals surface area contributed by atoms with Crippen LogP contribution in [0.15, 0.2) is 36.4 Å². The molecule has 2 aromatic rings. The number of para-hydroxylation sites is 1. The molecule has 0 atom stereocenters. The average Bonchev–Trinajstić information content (AvgIpc) is 2.60. The summed E-state index contributed by atoms with van der Waals surface area (Å²) in [5.41, 5.74) is 3.11. The summed E-state index contributed by atoms with van der Waals surface area (Å²) in [6, 6.07) is 12.6. The van der Waals surface area contributed by atoms with E-state index in [9.17, 15) is 4.79 Å². The van der Waals surface area contributed by atoms with E-state index in [1.165, 1.54) is 0 Å². The first-order valence-corrected chi connectivity index (χ1v) is 8.20. The van der Waals surface area contributed by atoms with Crippen LogP contribution in [0.1, 0.15) is 30.5 Å². The van der Waals surface area contributed by atoms with Gasteiger partial charge in [0, 0.05) is 10.7 Å².